The number of amides is 1. The zero-order valence-electron chi connectivity index (χ0n) is 20.7. The quantitative estimate of drug-likeness (QED) is 0.358. The average Bonchev–Trinajstić information content (AvgIpc) is 3.66. The van der Waals surface area contributed by atoms with Crippen LogP contribution < -0.4 is 11.1 Å². The van der Waals surface area contributed by atoms with Crippen LogP contribution in [0.1, 0.15) is 40.3 Å². The highest BCUT2D eigenvalue weighted by atomic mass is 16.1. The Balaban J connectivity index is 1.46. The summed E-state index contributed by atoms with van der Waals surface area (Å²) >= 11 is 0. The summed E-state index contributed by atoms with van der Waals surface area (Å²) in [6.45, 7) is 1.89. The maximum Gasteiger partial charge on any atom is 0.259 e. The maximum atomic E-state index is 13.4. The van der Waals surface area contributed by atoms with Crippen molar-refractivity contribution in [3.8, 4) is 23.1 Å². The Morgan fingerprint density at radius 1 is 1.08 bits per heavy atom. The van der Waals surface area contributed by atoms with Crippen LogP contribution in [0.25, 0.3) is 22.6 Å². The van der Waals surface area contributed by atoms with Crippen LogP contribution in [0.2, 0.25) is 0 Å². The normalized spacial score (nSPS) is 11.8. The standard InChI is InChI=1S/C28H23N9O/c1-18(33-28(38)23-26(29)31-17-36-14-13-30-27(23)36)24-25(20-7-4-3-5-8-20)37-21(9-6-10-22(37)34-24)12-11-19-15-32-35(2)16-19/h3-10,13-18H,29H2,1-2H3,(H,33,38)/t18-/m1/s1. The lowest BCUT2D eigenvalue weighted by molar-refractivity contribution is 0.0941. The van der Waals surface area contributed by atoms with E-state index in [0.29, 0.717) is 11.3 Å². The minimum atomic E-state index is -0.466. The van der Waals surface area contributed by atoms with Crippen molar-refractivity contribution in [2.24, 2.45) is 7.05 Å². The van der Waals surface area contributed by atoms with Gasteiger partial charge in [0.05, 0.1) is 34.9 Å². The van der Waals surface area contributed by atoms with Crippen molar-refractivity contribution in [1.82, 2.24) is 38.9 Å². The van der Waals surface area contributed by atoms with Crippen LogP contribution in [0, 0.1) is 11.8 Å². The van der Waals surface area contributed by atoms with Gasteiger partial charge in [-0.3, -0.25) is 18.3 Å². The first kappa shape index (κ1) is 23.0. The number of carbonyl (C=O) groups is 1. The molecule has 1 amide bonds. The molecule has 0 aliphatic carbocycles. The van der Waals surface area contributed by atoms with E-state index >= 15 is 0 Å². The number of rotatable bonds is 4. The molecule has 1 aromatic carbocycles. The Morgan fingerprint density at radius 2 is 1.92 bits per heavy atom. The van der Waals surface area contributed by atoms with E-state index in [-0.39, 0.29) is 17.3 Å². The number of nitrogens with one attached hydrogen (secondary N) is 1. The number of hydrogen-bond donors (Lipinski definition) is 2. The third-order valence-electron chi connectivity index (χ3n) is 6.21. The van der Waals surface area contributed by atoms with Gasteiger partial charge in [0.25, 0.3) is 5.91 Å². The summed E-state index contributed by atoms with van der Waals surface area (Å²) < 4.78 is 5.39. The number of fused-ring (bicyclic) bond motifs is 2. The number of hydrogen-bond acceptors (Lipinski definition) is 6. The molecule has 186 valence electrons. The van der Waals surface area contributed by atoms with Gasteiger partial charge in [0.2, 0.25) is 0 Å². The number of anilines is 1. The van der Waals surface area contributed by atoms with Gasteiger partial charge in [-0.2, -0.15) is 5.10 Å². The Kier molecular flexibility index (Phi) is 5.58. The molecule has 0 spiro atoms. The Hall–Kier alpha value is -5.43. The SMILES string of the molecule is C[C@@H](NC(=O)c1c(N)ncn2ccnc12)c1nc2cccc(C#Cc3cnn(C)c3)n2c1-c1ccccc1. The number of carbonyl (C=O) groups excluding carboxylic acids is 1. The third-order valence-corrected chi connectivity index (χ3v) is 6.21. The lowest BCUT2D eigenvalue weighted by Crippen LogP contribution is -2.29. The van der Waals surface area contributed by atoms with Gasteiger partial charge in [0.1, 0.15) is 23.4 Å². The number of aryl methyl sites for hydroxylation is 1. The summed E-state index contributed by atoms with van der Waals surface area (Å²) in [6.07, 6.45) is 8.43. The molecule has 0 saturated heterocycles. The fourth-order valence-corrected chi connectivity index (χ4v) is 4.46. The largest absolute Gasteiger partial charge is 0.383 e. The number of aromatic nitrogens is 7. The van der Waals surface area contributed by atoms with Gasteiger partial charge in [-0.05, 0) is 25.0 Å². The van der Waals surface area contributed by atoms with Crippen molar-refractivity contribution in [1.29, 1.82) is 0 Å². The summed E-state index contributed by atoms with van der Waals surface area (Å²) in [6, 6.07) is 15.3. The predicted octanol–water partition coefficient (Wildman–Crippen LogP) is 3.25. The minimum Gasteiger partial charge on any atom is -0.383 e. The van der Waals surface area contributed by atoms with Crippen molar-refractivity contribution in [3.05, 3.63) is 102 Å². The molecule has 0 fully saturated rings. The van der Waals surface area contributed by atoms with E-state index in [2.05, 4.69) is 32.2 Å². The smallest absolute Gasteiger partial charge is 0.259 e. The molecule has 10 nitrogen and oxygen atoms in total. The van der Waals surface area contributed by atoms with E-state index in [1.807, 2.05) is 73.1 Å². The third kappa shape index (κ3) is 4.02. The van der Waals surface area contributed by atoms with E-state index in [0.717, 1.165) is 28.2 Å². The Bertz CT molecular complexity index is 1870. The summed E-state index contributed by atoms with van der Waals surface area (Å²) in [5, 5.41) is 7.24. The van der Waals surface area contributed by atoms with Crippen molar-refractivity contribution in [3.63, 3.8) is 0 Å². The van der Waals surface area contributed by atoms with E-state index < -0.39 is 6.04 Å². The van der Waals surface area contributed by atoms with Crippen LogP contribution in [0.3, 0.4) is 0 Å². The first-order valence-corrected chi connectivity index (χ1v) is 11.9. The molecule has 0 saturated carbocycles. The van der Waals surface area contributed by atoms with Crippen molar-refractivity contribution in [2.75, 3.05) is 5.73 Å². The van der Waals surface area contributed by atoms with Crippen LogP contribution in [0.5, 0.6) is 0 Å². The molecule has 1 atom stereocenters. The number of pyridine rings is 1. The number of nitrogens with two attached hydrogens (primary N) is 1. The van der Waals surface area contributed by atoms with Gasteiger partial charge in [0, 0.05) is 31.2 Å². The van der Waals surface area contributed by atoms with Gasteiger partial charge in [-0.15, -0.1) is 0 Å². The number of nitrogen functional groups attached to an aromatic ring is 1. The molecule has 5 aromatic heterocycles. The number of benzene rings is 1. The van der Waals surface area contributed by atoms with Crippen molar-refractivity contribution < 1.29 is 4.79 Å². The lowest BCUT2D eigenvalue weighted by atomic mass is 10.1. The molecular weight excluding hydrogens is 478 g/mol. The summed E-state index contributed by atoms with van der Waals surface area (Å²) in [5.41, 5.74) is 11.5. The maximum absolute atomic E-state index is 13.4. The van der Waals surface area contributed by atoms with Gasteiger partial charge >= 0.3 is 0 Å². The molecule has 38 heavy (non-hydrogen) atoms. The Labute approximate surface area is 217 Å². The highest BCUT2D eigenvalue weighted by molar-refractivity contribution is 6.04. The summed E-state index contributed by atoms with van der Waals surface area (Å²) in [5.74, 6) is 6.18. The van der Waals surface area contributed by atoms with E-state index in [9.17, 15) is 4.79 Å². The van der Waals surface area contributed by atoms with Gasteiger partial charge in [0.15, 0.2) is 5.65 Å². The first-order valence-electron chi connectivity index (χ1n) is 11.9. The lowest BCUT2D eigenvalue weighted by Gasteiger charge is -2.15. The van der Waals surface area contributed by atoms with Gasteiger partial charge in [-0.25, -0.2) is 15.0 Å². The molecule has 3 N–H and O–H groups in total. The van der Waals surface area contributed by atoms with Gasteiger partial charge in [-0.1, -0.05) is 42.3 Å². The molecule has 0 aliphatic heterocycles. The molecule has 6 rings (SSSR count). The van der Waals surface area contributed by atoms with E-state index in [4.69, 9.17) is 10.7 Å². The zero-order valence-corrected chi connectivity index (χ0v) is 20.7. The van der Waals surface area contributed by atoms with Crippen molar-refractivity contribution in [2.45, 2.75) is 13.0 Å². The topological polar surface area (TPSA) is 120 Å². The zero-order chi connectivity index (χ0) is 26.2. The van der Waals surface area contributed by atoms with Crippen molar-refractivity contribution >= 4 is 23.0 Å². The van der Waals surface area contributed by atoms with Crippen LogP contribution in [-0.4, -0.2) is 39.4 Å². The second-order valence-electron chi connectivity index (χ2n) is 8.83. The molecule has 0 bridgehead atoms. The minimum absolute atomic E-state index is 0.111. The number of imidazole rings is 2. The summed E-state index contributed by atoms with van der Waals surface area (Å²) in [7, 11) is 1.86. The molecule has 0 unspecified atom stereocenters. The predicted molar refractivity (Wildman–Crippen MR) is 143 cm³/mol. The fraction of sp³-hybridized carbons (Fsp3) is 0.107. The molecule has 0 aliphatic rings. The fourth-order valence-electron chi connectivity index (χ4n) is 4.46. The molecule has 10 heteroatoms. The molecule has 0 radical (unpaired) electrons. The van der Waals surface area contributed by atoms with Crippen LogP contribution in [0.4, 0.5) is 5.82 Å². The Morgan fingerprint density at radius 3 is 2.71 bits per heavy atom. The molecule has 6 aromatic rings. The van der Waals surface area contributed by atoms with Crippen LogP contribution in [-0.2, 0) is 7.05 Å². The van der Waals surface area contributed by atoms with Crippen LogP contribution >= 0.6 is 0 Å². The second kappa shape index (κ2) is 9.22. The monoisotopic (exact) mass is 501 g/mol. The molecular formula is C28H23N9O. The first-order chi connectivity index (χ1) is 18.5. The highest BCUT2D eigenvalue weighted by Gasteiger charge is 2.24. The summed E-state index contributed by atoms with van der Waals surface area (Å²) in [4.78, 5) is 26.7. The average molecular weight is 502 g/mol. The van der Waals surface area contributed by atoms with E-state index in [1.165, 1.54) is 6.33 Å². The number of nitrogens with zero attached hydrogens (tertiary/aromatic N) is 7. The molecule has 5 heterocycles. The van der Waals surface area contributed by atoms with Gasteiger partial charge < -0.3 is 11.1 Å². The van der Waals surface area contributed by atoms with E-state index in [1.54, 1.807) is 27.7 Å². The second-order valence-corrected chi connectivity index (χ2v) is 8.83. The van der Waals surface area contributed by atoms with Crippen LogP contribution in [0.15, 0.2) is 79.6 Å². The highest BCUT2D eigenvalue weighted by Crippen LogP contribution is 2.31.